The van der Waals surface area contributed by atoms with Gasteiger partial charge in [-0.3, -0.25) is 4.79 Å². The summed E-state index contributed by atoms with van der Waals surface area (Å²) in [6.07, 6.45) is 1.49. The summed E-state index contributed by atoms with van der Waals surface area (Å²) in [5.41, 5.74) is 2.27. The number of benzene rings is 3. The maximum absolute atomic E-state index is 12.5. The van der Waals surface area contributed by atoms with Crippen LogP contribution in [-0.4, -0.2) is 26.1 Å². The lowest BCUT2D eigenvalue weighted by Gasteiger charge is -2.13. The number of allylic oxidation sites excluding steroid dienone is 1. The SMILES string of the molecule is COC(=O)c1ccccc1NC(=O)C=C(C)c1ccc2ccccc2c1OC. The molecule has 0 aliphatic heterocycles. The summed E-state index contributed by atoms with van der Waals surface area (Å²) in [6.45, 7) is 1.85. The summed E-state index contributed by atoms with van der Waals surface area (Å²) in [4.78, 5) is 24.4. The van der Waals surface area contributed by atoms with Crippen molar-refractivity contribution in [3.05, 3.63) is 77.9 Å². The number of para-hydroxylation sites is 1. The molecule has 0 unspecified atom stereocenters. The first-order chi connectivity index (χ1) is 13.5. The number of ether oxygens (including phenoxy) is 2. The minimum absolute atomic E-state index is 0.299. The predicted molar refractivity (Wildman–Crippen MR) is 111 cm³/mol. The molecule has 5 nitrogen and oxygen atoms in total. The van der Waals surface area contributed by atoms with E-state index < -0.39 is 5.97 Å². The highest BCUT2D eigenvalue weighted by Gasteiger charge is 2.14. The van der Waals surface area contributed by atoms with Crippen LogP contribution in [0.15, 0.2) is 66.7 Å². The molecule has 142 valence electrons. The number of rotatable bonds is 5. The van der Waals surface area contributed by atoms with Crippen LogP contribution in [0.25, 0.3) is 16.3 Å². The first-order valence-electron chi connectivity index (χ1n) is 8.78. The normalized spacial score (nSPS) is 11.2. The van der Waals surface area contributed by atoms with Gasteiger partial charge in [0.2, 0.25) is 5.91 Å². The third-order valence-electron chi connectivity index (χ3n) is 4.45. The summed E-state index contributed by atoms with van der Waals surface area (Å²) >= 11 is 0. The van der Waals surface area contributed by atoms with Crippen molar-refractivity contribution in [2.24, 2.45) is 0 Å². The number of hydrogen-bond donors (Lipinski definition) is 1. The van der Waals surface area contributed by atoms with E-state index in [0.717, 1.165) is 27.7 Å². The minimum Gasteiger partial charge on any atom is -0.495 e. The van der Waals surface area contributed by atoms with E-state index in [4.69, 9.17) is 9.47 Å². The van der Waals surface area contributed by atoms with E-state index in [1.54, 1.807) is 31.4 Å². The maximum atomic E-state index is 12.5. The number of fused-ring (bicyclic) bond motifs is 1. The molecule has 5 heteroatoms. The van der Waals surface area contributed by atoms with Crippen LogP contribution in [0.5, 0.6) is 5.75 Å². The fourth-order valence-electron chi connectivity index (χ4n) is 3.10. The van der Waals surface area contributed by atoms with Crippen molar-refractivity contribution in [2.75, 3.05) is 19.5 Å². The van der Waals surface area contributed by atoms with Crippen LogP contribution < -0.4 is 10.1 Å². The Morgan fingerprint density at radius 3 is 2.36 bits per heavy atom. The van der Waals surface area contributed by atoms with Crippen LogP contribution in [0.3, 0.4) is 0 Å². The summed E-state index contributed by atoms with van der Waals surface area (Å²) < 4.78 is 10.4. The molecule has 0 radical (unpaired) electrons. The van der Waals surface area contributed by atoms with Gasteiger partial charge in [0, 0.05) is 17.0 Å². The largest absolute Gasteiger partial charge is 0.495 e. The highest BCUT2D eigenvalue weighted by Crippen LogP contribution is 2.33. The van der Waals surface area contributed by atoms with Gasteiger partial charge in [-0.15, -0.1) is 0 Å². The van der Waals surface area contributed by atoms with Crippen LogP contribution in [0.4, 0.5) is 5.69 Å². The van der Waals surface area contributed by atoms with Gasteiger partial charge in [-0.2, -0.15) is 0 Å². The van der Waals surface area contributed by atoms with Gasteiger partial charge in [0.25, 0.3) is 0 Å². The zero-order valence-electron chi connectivity index (χ0n) is 16.0. The van der Waals surface area contributed by atoms with E-state index >= 15 is 0 Å². The molecule has 3 aromatic carbocycles. The fourth-order valence-corrected chi connectivity index (χ4v) is 3.10. The second-order valence-electron chi connectivity index (χ2n) is 6.22. The summed E-state index contributed by atoms with van der Waals surface area (Å²) in [7, 11) is 2.92. The highest BCUT2D eigenvalue weighted by molar-refractivity contribution is 6.08. The number of esters is 1. The third-order valence-corrected chi connectivity index (χ3v) is 4.45. The number of amides is 1. The minimum atomic E-state index is -0.507. The van der Waals surface area contributed by atoms with Crippen LogP contribution >= 0.6 is 0 Å². The lowest BCUT2D eigenvalue weighted by Crippen LogP contribution is -2.13. The molecular formula is C23H21NO4. The molecule has 0 heterocycles. The molecular weight excluding hydrogens is 354 g/mol. The molecule has 0 saturated carbocycles. The van der Waals surface area contributed by atoms with E-state index in [1.165, 1.54) is 13.2 Å². The van der Waals surface area contributed by atoms with Crippen molar-refractivity contribution >= 4 is 33.9 Å². The van der Waals surface area contributed by atoms with Crippen molar-refractivity contribution < 1.29 is 19.1 Å². The van der Waals surface area contributed by atoms with Gasteiger partial charge in [-0.05, 0) is 30.0 Å². The molecule has 0 saturated heterocycles. The average molecular weight is 375 g/mol. The Labute approximate surface area is 163 Å². The fraction of sp³-hybridized carbons (Fsp3) is 0.130. The van der Waals surface area contributed by atoms with Crippen LogP contribution in [0.2, 0.25) is 0 Å². The predicted octanol–water partition coefficient (Wildman–Crippen LogP) is 4.68. The van der Waals surface area contributed by atoms with Gasteiger partial charge < -0.3 is 14.8 Å². The standard InChI is InChI=1S/C23H21NO4/c1-15(17-13-12-16-8-4-5-9-18(16)22(17)27-2)14-21(25)24-20-11-7-6-10-19(20)23(26)28-3/h4-14H,1-3H3,(H,24,25). The molecule has 0 aliphatic carbocycles. The van der Waals surface area contributed by atoms with E-state index in [9.17, 15) is 9.59 Å². The number of nitrogens with one attached hydrogen (secondary N) is 1. The molecule has 3 rings (SSSR count). The second kappa shape index (κ2) is 8.39. The van der Waals surface area contributed by atoms with E-state index in [1.807, 2.05) is 43.3 Å². The summed E-state index contributed by atoms with van der Waals surface area (Å²) in [6, 6.07) is 18.6. The third kappa shape index (κ3) is 3.88. The van der Waals surface area contributed by atoms with Gasteiger partial charge >= 0.3 is 5.97 Å². The molecule has 1 N–H and O–H groups in total. The molecule has 0 atom stereocenters. The van der Waals surface area contributed by atoms with Crippen LogP contribution in [0, 0.1) is 0 Å². The average Bonchev–Trinajstić information content (AvgIpc) is 2.72. The van der Waals surface area contributed by atoms with Crippen LogP contribution in [-0.2, 0) is 9.53 Å². The van der Waals surface area contributed by atoms with E-state index in [2.05, 4.69) is 5.32 Å². The smallest absolute Gasteiger partial charge is 0.339 e. The van der Waals surface area contributed by atoms with Crippen LogP contribution in [0.1, 0.15) is 22.8 Å². The first-order valence-corrected chi connectivity index (χ1v) is 8.78. The zero-order valence-corrected chi connectivity index (χ0v) is 16.0. The summed E-state index contributed by atoms with van der Waals surface area (Å²) in [5.74, 6) is -0.133. The molecule has 0 bridgehead atoms. The Balaban J connectivity index is 1.92. The number of carbonyl (C=O) groups is 2. The van der Waals surface area contributed by atoms with E-state index in [-0.39, 0.29) is 5.91 Å². The number of methoxy groups -OCH3 is 2. The number of anilines is 1. The van der Waals surface area contributed by atoms with Crippen molar-refractivity contribution in [1.82, 2.24) is 0 Å². The highest BCUT2D eigenvalue weighted by atomic mass is 16.5. The van der Waals surface area contributed by atoms with Crippen molar-refractivity contribution in [1.29, 1.82) is 0 Å². The molecule has 3 aromatic rings. The zero-order chi connectivity index (χ0) is 20.1. The monoisotopic (exact) mass is 375 g/mol. The van der Waals surface area contributed by atoms with Gasteiger partial charge in [0.05, 0.1) is 25.5 Å². The lowest BCUT2D eigenvalue weighted by molar-refractivity contribution is -0.111. The second-order valence-corrected chi connectivity index (χ2v) is 6.22. The Kier molecular flexibility index (Phi) is 5.75. The van der Waals surface area contributed by atoms with Gasteiger partial charge in [-0.1, -0.05) is 48.5 Å². The molecule has 28 heavy (non-hydrogen) atoms. The van der Waals surface area contributed by atoms with Gasteiger partial charge in [-0.25, -0.2) is 4.79 Å². The Morgan fingerprint density at radius 1 is 0.893 bits per heavy atom. The Morgan fingerprint density at radius 2 is 1.61 bits per heavy atom. The maximum Gasteiger partial charge on any atom is 0.339 e. The molecule has 0 aromatic heterocycles. The van der Waals surface area contributed by atoms with Gasteiger partial charge in [0.1, 0.15) is 5.75 Å². The summed E-state index contributed by atoms with van der Waals surface area (Å²) in [5, 5.41) is 4.78. The molecule has 0 fully saturated rings. The van der Waals surface area contributed by atoms with Crippen molar-refractivity contribution in [3.63, 3.8) is 0 Å². The number of hydrogen-bond acceptors (Lipinski definition) is 4. The number of carbonyl (C=O) groups excluding carboxylic acids is 2. The molecule has 0 aliphatic rings. The Hall–Kier alpha value is -3.60. The quantitative estimate of drug-likeness (QED) is 0.520. The van der Waals surface area contributed by atoms with Crippen molar-refractivity contribution in [3.8, 4) is 5.75 Å². The van der Waals surface area contributed by atoms with Gasteiger partial charge in [0.15, 0.2) is 0 Å². The van der Waals surface area contributed by atoms with Crippen molar-refractivity contribution in [2.45, 2.75) is 6.92 Å². The Bertz CT molecular complexity index is 1070. The molecule has 0 spiro atoms. The van der Waals surface area contributed by atoms with E-state index in [0.29, 0.717) is 11.3 Å². The first kappa shape index (κ1) is 19.2. The molecule has 1 amide bonds. The topological polar surface area (TPSA) is 64.6 Å². The lowest BCUT2D eigenvalue weighted by atomic mass is 10.00.